The number of aromatic amines is 1. The Kier molecular flexibility index (Phi) is 6.25. The van der Waals surface area contributed by atoms with Crippen LogP contribution in [0.5, 0.6) is 0 Å². The number of benzene rings is 1. The molecule has 1 aliphatic rings. The van der Waals surface area contributed by atoms with Crippen molar-refractivity contribution in [3.63, 3.8) is 0 Å². The first-order valence-electron chi connectivity index (χ1n) is 10.8. The molecule has 170 valence electrons. The molecule has 4 rings (SSSR count). The molecule has 1 aliphatic heterocycles. The Hall–Kier alpha value is -3.23. The van der Waals surface area contributed by atoms with Crippen LogP contribution in [0.1, 0.15) is 42.2 Å². The Morgan fingerprint density at radius 3 is 2.84 bits per heavy atom. The second kappa shape index (κ2) is 9.10. The normalized spacial score (nSPS) is 13.5. The molecule has 2 aromatic heterocycles. The van der Waals surface area contributed by atoms with E-state index in [9.17, 15) is 13.6 Å². The number of amides is 1. The molecule has 0 saturated heterocycles. The number of aromatic nitrogens is 4. The van der Waals surface area contributed by atoms with Crippen LogP contribution in [-0.2, 0) is 31.2 Å². The third kappa shape index (κ3) is 4.51. The quantitative estimate of drug-likeness (QED) is 0.606. The number of alkyl halides is 2. The lowest BCUT2D eigenvalue weighted by atomic mass is 9.97. The average Bonchev–Trinajstić information content (AvgIpc) is 3.39. The Morgan fingerprint density at radius 2 is 2.16 bits per heavy atom. The molecule has 0 atom stereocenters. The second-order valence-electron chi connectivity index (χ2n) is 8.34. The number of nitrogens with one attached hydrogen (secondary N) is 1. The Morgan fingerprint density at radius 1 is 1.34 bits per heavy atom. The summed E-state index contributed by atoms with van der Waals surface area (Å²) in [7, 11) is 3.76. The van der Waals surface area contributed by atoms with E-state index in [0.29, 0.717) is 24.2 Å². The van der Waals surface area contributed by atoms with E-state index >= 15 is 0 Å². The number of aryl methyl sites for hydroxylation is 2. The zero-order valence-electron chi connectivity index (χ0n) is 18.6. The number of hydrogen-bond acceptors (Lipinski definition) is 4. The third-order valence-corrected chi connectivity index (χ3v) is 6.05. The fraction of sp³-hybridized carbons (Fsp3) is 0.435. The maximum atomic E-state index is 13.5. The van der Waals surface area contributed by atoms with Crippen molar-refractivity contribution >= 4 is 11.7 Å². The SMILES string of the molecule is CC(=O)N1CCc2[nH]nc(N(C)CCCc3ccc(C(F)F)c(-c4cnn(C)c4)c3)c2C1. The van der Waals surface area contributed by atoms with E-state index in [1.807, 2.05) is 18.0 Å². The van der Waals surface area contributed by atoms with Crippen molar-refractivity contribution in [1.82, 2.24) is 24.9 Å². The van der Waals surface area contributed by atoms with E-state index < -0.39 is 6.43 Å². The van der Waals surface area contributed by atoms with E-state index in [2.05, 4.69) is 20.2 Å². The predicted octanol–water partition coefficient (Wildman–Crippen LogP) is 3.72. The first-order chi connectivity index (χ1) is 15.3. The van der Waals surface area contributed by atoms with Crippen LogP contribution in [0, 0.1) is 0 Å². The number of hydrogen-bond donors (Lipinski definition) is 1. The number of halogens is 2. The van der Waals surface area contributed by atoms with Gasteiger partial charge in [0, 0.05) is 69.1 Å². The van der Waals surface area contributed by atoms with E-state index in [4.69, 9.17) is 0 Å². The molecular formula is C23H28F2N6O. The van der Waals surface area contributed by atoms with Crippen molar-refractivity contribution < 1.29 is 13.6 Å². The Bertz CT molecular complexity index is 1110. The summed E-state index contributed by atoms with van der Waals surface area (Å²) in [6.07, 6.45) is 3.21. The average molecular weight is 443 g/mol. The number of nitrogens with zero attached hydrogens (tertiary/aromatic N) is 5. The highest BCUT2D eigenvalue weighted by Gasteiger charge is 2.25. The van der Waals surface area contributed by atoms with Crippen molar-refractivity contribution in [2.75, 3.05) is 25.0 Å². The monoisotopic (exact) mass is 442 g/mol. The molecule has 1 N–H and O–H groups in total. The van der Waals surface area contributed by atoms with Gasteiger partial charge in [-0.05, 0) is 24.0 Å². The third-order valence-electron chi connectivity index (χ3n) is 6.05. The van der Waals surface area contributed by atoms with Gasteiger partial charge in [0.05, 0.1) is 12.7 Å². The van der Waals surface area contributed by atoms with Gasteiger partial charge in [0.2, 0.25) is 5.91 Å². The maximum Gasteiger partial charge on any atom is 0.264 e. The van der Waals surface area contributed by atoms with Gasteiger partial charge in [-0.25, -0.2) is 8.78 Å². The minimum absolute atomic E-state index is 0.0250. The highest BCUT2D eigenvalue weighted by molar-refractivity contribution is 5.74. The molecule has 9 heteroatoms. The summed E-state index contributed by atoms with van der Waals surface area (Å²) in [5.41, 5.74) is 4.43. The first kappa shape index (κ1) is 22.0. The molecule has 3 aromatic rings. The minimum Gasteiger partial charge on any atom is -0.358 e. The number of rotatable bonds is 7. The van der Waals surface area contributed by atoms with E-state index in [-0.39, 0.29) is 11.5 Å². The number of H-pyrrole nitrogens is 1. The summed E-state index contributed by atoms with van der Waals surface area (Å²) in [5.74, 6) is 0.942. The van der Waals surface area contributed by atoms with Crippen molar-refractivity contribution in [3.05, 3.63) is 53.0 Å². The van der Waals surface area contributed by atoms with Gasteiger partial charge in [0.1, 0.15) is 0 Å². The predicted molar refractivity (Wildman–Crippen MR) is 119 cm³/mol. The molecule has 3 heterocycles. The van der Waals surface area contributed by atoms with Crippen LogP contribution < -0.4 is 4.90 Å². The Balaban J connectivity index is 1.43. The van der Waals surface area contributed by atoms with Gasteiger partial charge in [0.25, 0.3) is 6.43 Å². The van der Waals surface area contributed by atoms with Gasteiger partial charge < -0.3 is 9.80 Å². The summed E-state index contributed by atoms with van der Waals surface area (Å²) >= 11 is 0. The van der Waals surface area contributed by atoms with Crippen molar-refractivity contribution in [2.45, 2.75) is 39.2 Å². The summed E-state index contributed by atoms with van der Waals surface area (Å²) in [4.78, 5) is 15.7. The van der Waals surface area contributed by atoms with Gasteiger partial charge in [-0.15, -0.1) is 0 Å². The molecule has 0 aliphatic carbocycles. The number of fused-ring (bicyclic) bond motifs is 1. The molecule has 1 aromatic carbocycles. The summed E-state index contributed by atoms with van der Waals surface area (Å²) in [5, 5.41) is 11.7. The van der Waals surface area contributed by atoms with Gasteiger partial charge in [-0.3, -0.25) is 14.6 Å². The van der Waals surface area contributed by atoms with Crippen molar-refractivity contribution in [1.29, 1.82) is 0 Å². The maximum absolute atomic E-state index is 13.5. The van der Waals surface area contributed by atoms with Crippen LogP contribution in [0.25, 0.3) is 11.1 Å². The van der Waals surface area contributed by atoms with E-state index in [1.54, 1.807) is 37.1 Å². The standard InChI is InChI=1S/C23H28F2N6O/c1-15(32)31-10-8-21-20(14-31)23(28-27-21)29(2)9-4-5-16-6-7-18(22(24)25)19(11-16)17-12-26-30(3)13-17/h6-7,11-13,22H,4-5,8-10,14H2,1-3H3,(H,27,28). The lowest BCUT2D eigenvalue weighted by Crippen LogP contribution is -2.34. The molecule has 32 heavy (non-hydrogen) atoms. The fourth-order valence-electron chi connectivity index (χ4n) is 4.25. The largest absolute Gasteiger partial charge is 0.358 e. The molecule has 0 fully saturated rings. The zero-order chi connectivity index (χ0) is 22.8. The first-order valence-corrected chi connectivity index (χ1v) is 10.8. The summed E-state index contributed by atoms with van der Waals surface area (Å²) in [6, 6.07) is 5.15. The molecule has 0 spiro atoms. The van der Waals surface area contributed by atoms with Gasteiger partial charge in [-0.1, -0.05) is 18.2 Å². The van der Waals surface area contributed by atoms with Crippen LogP contribution in [0.2, 0.25) is 0 Å². The highest BCUT2D eigenvalue weighted by Crippen LogP contribution is 2.32. The topological polar surface area (TPSA) is 70.1 Å². The molecule has 0 radical (unpaired) electrons. The summed E-state index contributed by atoms with van der Waals surface area (Å²) in [6.45, 7) is 3.63. The molecule has 0 bridgehead atoms. The van der Waals surface area contributed by atoms with Gasteiger partial charge in [0.15, 0.2) is 5.82 Å². The minimum atomic E-state index is -2.54. The van der Waals surface area contributed by atoms with Crippen LogP contribution >= 0.6 is 0 Å². The van der Waals surface area contributed by atoms with Crippen molar-refractivity contribution in [3.8, 4) is 11.1 Å². The van der Waals surface area contributed by atoms with Crippen LogP contribution in [-0.4, -0.2) is 50.9 Å². The number of carbonyl (C=O) groups is 1. The smallest absolute Gasteiger partial charge is 0.264 e. The van der Waals surface area contributed by atoms with Gasteiger partial charge in [-0.2, -0.15) is 10.2 Å². The van der Waals surface area contributed by atoms with Crippen LogP contribution in [0.15, 0.2) is 30.6 Å². The molecule has 7 nitrogen and oxygen atoms in total. The zero-order valence-corrected chi connectivity index (χ0v) is 18.6. The molecule has 0 unspecified atom stereocenters. The second-order valence-corrected chi connectivity index (χ2v) is 8.34. The number of anilines is 1. The van der Waals surface area contributed by atoms with Gasteiger partial charge >= 0.3 is 0 Å². The molecule has 0 saturated carbocycles. The van der Waals surface area contributed by atoms with Crippen LogP contribution in [0.3, 0.4) is 0 Å². The molecular weight excluding hydrogens is 414 g/mol. The fourth-order valence-corrected chi connectivity index (χ4v) is 4.25. The lowest BCUT2D eigenvalue weighted by molar-refractivity contribution is -0.129. The lowest BCUT2D eigenvalue weighted by Gasteiger charge is -2.27. The van der Waals surface area contributed by atoms with Crippen LogP contribution in [0.4, 0.5) is 14.6 Å². The Labute approximate surface area is 186 Å². The van der Waals surface area contributed by atoms with E-state index in [0.717, 1.165) is 48.4 Å². The van der Waals surface area contributed by atoms with E-state index in [1.165, 1.54) is 6.07 Å². The van der Waals surface area contributed by atoms with Crippen molar-refractivity contribution in [2.24, 2.45) is 7.05 Å². The summed E-state index contributed by atoms with van der Waals surface area (Å²) < 4.78 is 28.6. The molecule has 1 amide bonds. The highest BCUT2D eigenvalue weighted by atomic mass is 19.3. The number of carbonyl (C=O) groups excluding carboxylic acids is 1.